The normalized spacial score (nSPS) is 8.22. The van der Waals surface area contributed by atoms with Crippen LogP contribution < -0.4 is 0 Å². The summed E-state index contributed by atoms with van der Waals surface area (Å²) in [5, 5.41) is 0.444. The summed E-state index contributed by atoms with van der Waals surface area (Å²) in [6.45, 7) is 0. The zero-order valence-electron chi connectivity index (χ0n) is 4.21. The Morgan fingerprint density at radius 1 is 1.56 bits per heavy atom. The largest absolute Gasteiger partial charge is 0.244 e. The molecule has 1 aromatic rings. The van der Waals surface area contributed by atoms with Crippen molar-refractivity contribution in [3.8, 4) is 0 Å². The van der Waals surface area contributed by atoms with E-state index in [2.05, 4.69) is 25.9 Å². The van der Waals surface area contributed by atoms with Crippen LogP contribution in [-0.2, 0) is 0 Å². The van der Waals surface area contributed by atoms with Crippen molar-refractivity contribution in [2.45, 2.75) is 0 Å². The van der Waals surface area contributed by atoms with Gasteiger partial charge in [-0.2, -0.15) is 0 Å². The molecule has 2 nitrogen and oxygen atoms in total. The fourth-order valence-electron chi connectivity index (χ4n) is 0.298. The van der Waals surface area contributed by atoms with Crippen LogP contribution in [0.1, 0.15) is 0 Å². The van der Waals surface area contributed by atoms with E-state index in [0.29, 0.717) is 5.15 Å². The lowest BCUT2D eigenvalue weighted by atomic mass is 10.7. The Labute approximate surface area is 72.2 Å². The van der Waals surface area contributed by atoms with Crippen LogP contribution in [0.15, 0.2) is 17.0 Å². The quantitative estimate of drug-likeness (QED) is 0.639. The predicted octanol–water partition coefficient (Wildman–Crippen LogP) is 2.31. The molecule has 5 heteroatoms. The van der Waals surface area contributed by atoms with Crippen molar-refractivity contribution in [3.63, 3.8) is 0 Å². The second kappa shape index (κ2) is 4.04. The zero-order valence-corrected chi connectivity index (χ0v) is 7.37. The van der Waals surface area contributed by atoms with Crippen molar-refractivity contribution in [1.82, 2.24) is 9.97 Å². The van der Waals surface area contributed by atoms with Crippen molar-refractivity contribution < 1.29 is 0 Å². The fourth-order valence-corrected chi connectivity index (χ4v) is 0.611. The van der Waals surface area contributed by atoms with Crippen molar-refractivity contribution in [3.05, 3.63) is 22.1 Å². The third-order valence-electron chi connectivity index (χ3n) is 0.623. The molecule has 0 saturated carbocycles. The minimum absolute atomic E-state index is 0. The van der Waals surface area contributed by atoms with E-state index in [1.54, 1.807) is 6.20 Å². The average Bonchev–Trinajstić information content (AvgIpc) is 1.77. The summed E-state index contributed by atoms with van der Waals surface area (Å²) in [5.74, 6) is 0. The van der Waals surface area contributed by atoms with Crippen molar-refractivity contribution in [2.24, 2.45) is 0 Å². The average molecular weight is 230 g/mol. The molecule has 0 N–H and O–H groups in total. The first kappa shape index (κ1) is 9.14. The molecule has 0 bridgehead atoms. The second-order valence-corrected chi connectivity index (χ2v) is 2.37. The standard InChI is InChI=1S/C4H2BrClN2.ClH/c5-3-1-7-2-8-4(3)6;/h1-2H;1H. The van der Waals surface area contributed by atoms with Gasteiger partial charge in [-0.25, -0.2) is 9.97 Å². The van der Waals surface area contributed by atoms with Gasteiger partial charge in [-0.05, 0) is 15.9 Å². The van der Waals surface area contributed by atoms with E-state index in [-0.39, 0.29) is 12.4 Å². The summed E-state index contributed by atoms with van der Waals surface area (Å²) in [6, 6.07) is 0. The fraction of sp³-hybridized carbons (Fsp3) is 0. The molecule has 0 aliphatic carbocycles. The molecule has 50 valence electrons. The highest BCUT2D eigenvalue weighted by Gasteiger charge is 1.91. The van der Waals surface area contributed by atoms with E-state index in [1.165, 1.54) is 6.33 Å². The molecular formula is C4H3BrCl2N2. The van der Waals surface area contributed by atoms with Crippen molar-refractivity contribution >= 4 is 39.9 Å². The van der Waals surface area contributed by atoms with Gasteiger partial charge < -0.3 is 0 Å². The van der Waals surface area contributed by atoms with Gasteiger partial charge in [0, 0.05) is 6.20 Å². The lowest BCUT2D eigenvalue weighted by Gasteiger charge is -1.87. The van der Waals surface area contributed by atoms with Crippen LogP contribution in [0.2, 0.25) is 5.15 Å². The van der Waals surface area contributed by atoms with E-state index in [4.69, 9.17) is 11.6 Å². The van der Waals surface area contributed by atoms with Crippen molar-refractivity contribution in [2.75, 3.05) is 0 Å². The predicted molar refractivity (Wildman–Crippen MR) is 42.0 cm³/mol. The molecule has 0 atom stereocenters. The van der Waals surface area contributed by atoms with Crippen LogP contribution in [0.5, 0.6) is 0 Å². The highest BCUT2D eigenvalue weighted by atomic mass is 79.9. The molecule has 0 fully saturated rings. The zero-order chi connectivity index (χ0) is 5.98. The monoisotopic (exact) mass is 228 g/mol. The van der Waals surface area contributed by atoms with Gasteiger partial charge in [0.25, 0.3) is 0 Å². The smallest absolute Gasteiger partial charge is 0.146 e. The first-order valence-corrected chi connectivity index (χ1v) is 3.09. The number of rotatable bonds is 0. The lowest BCUT2D eigenvalue weighted by molar-refractivity contribution is 1.15. The second-order valence-electron chi connectivity index (χ2n) is 1.16. The molecular weight excluding hydrogens is 227 g/mol. The Hall–Kier alpha value is 0.140. The number of nitrogens with zero attached hydrogens (tertiary/aromatic N) is 2. The minimum Gasteiger partial charge on any atom is -0.244 e. The van der Waals surface area contributed by atoms with Crippen LogP contribution in [0.25, 0.3) is 0 Å². The van der Waals surface area contributed by atoms with Gasteiger partial charge in [-0.3, -0.25) is 0 Å². The van der Waals surface area contributed by atoms with Crippen LogP contribution in [-0.4, -0.2) is 9.97 Å². The first-order valence-electron chi connectivity index (χ1n) is 1.91. The maximum Gasteiger partial charge on any atom is 0.146 e. The van der Waals surface area contributed by atoms with Crippen LogP contribution in [0.3, 0.4) is 0 Å². The molecule has 0 amide bonds. The van der Waals surface area contributed by atoms with Crippen LogP contribution >= 0.6 is 39.9 Å². The third-order valence-corrected chi connectivity index (χ3v) is 1.73. The molecule has 0 radical (unpaired) electrons. The summed E-state index contributed by atoms with van der Waals surface area (Å²) in [6.07, 6.45) is 2.99. The Morgan fingerprint density at radius 2 is 2.22 bits per heavy atom. The first-order chi connectivity index (χ1) is 3.80. The van der Waals surface area contributed by atoms with E-state index >= 15 is 0 Å². The van der Waals surface area contributed by atoms with Crippen LogP contribution in [0, 0.1) is 0 Å². The molecule has 0 spiro atoms. The third kappa shape index (κ3) is 2.47. The van der Waals surface area contributed by atoms with Gasteiger partial charge >= 0.3 is 0 Å². The molecule has 0 saturated heterocycles. The highest BCUT2D eigenvalue weighted by Crippen LogP contribution is 2.15. The molecule has 0 aliphatic rings. The molecule has 0 unspecified atom stereocenters. The maximum atomic E-state index is 5.51. The summed E-state index contributed by atoms with van der Waals surface area (Å²) in [4.78, 5) is 7.39. The molecule has 0 aliphatic heterocycles. The van der Waals surface area contributed by atoms with E-state index in [1.807, 2.05) is 0 Å². The van der Waals surface area contributed by atoms with Gasteiger partial charge in [-0.1, -0.05) is 11.6 Å². The number of aromatic nitrogens is 2. The van der Waals surface area contributed by atoms with E-state index in [9.17, 15) is 0 Å². The van der Waals surface area contributed by atoms with Gasteiger partial charge in [0.15, 0.2) is 0 Å². The highest BCUT2D eigenvalue weighted by molar-refractivity contribution is 9.10. The minimum atomic E-state index is 0. The lowest BCUT2D eigenvalue weighted by Crippen LogP contribution is -1.76. The Morgan fingerprint density at radius 3 is 2.56 bits per heavy atom. The van der Waals surface area contributed by atoms with Crippen molar-refractivity contribution in [1.29, 1.82) is 0 Å². The summed E-state index contributed by atoms with van der Waals surface area (Å²) in [5.41, 5.74) is 0. The summed E-state index contributed by atoms with van der Waals surface area (Å²) < 4.78 is 0.724. The molecule has 0 aromatic carbocycles. The van der Waals surface area contributed by atoms with Crippen LogP contribution in [0.4, 0.5) is 0 Å². The Kier molecular flexibility index (Phi) is 4.10. The van der Waals surface area contributed by atoms with E-state index < -0.39 is 0 Å². The van der Waals surface area contributed by atoms with Gasteiger partial charge in [0.1, 0.15) is 11.5 Å². The SMILES string of the molecule is Cl.Clc1ncncc1Br. The Balaban J connectivity index is 0.000000640. The topological polar surface area (TPSA) is 25.8 Å². The molecule has 1 rings (SSSR count). The number of hydrogen-bond donors (Lipinski definition) is 0. The van der Waals surface area contributed by atoms with Gasteiger partial charge in [-0.15, -0.1) is 12.4 Å². The number of halogens is 3. The van der Waals surface area contributed by atoms with Gasteiger partial charge in [0.05, 0.1) is 4.47 Å². The molecule has 1 aromatic heterocycles. The van der Waals surface area contributed by atoms with Gasteiger partial charge in [0.2, 0.25) is 0 Å². The number of hydrogen-bond acceptors (Lipinski definition) is 2. The molecule has 9 heavy (non-hydrogen) atoms. The maximum absolute atomic E-state index is 5.51. The van der Waals surface area contributed by atoms with E-state index in [0.717, 1.165) is 4.47 Å². The molecule has 1 heterocycles. The summed E-state index contributed by atoms with van der Waals surface area (Å²) >= 11 is 8.65. The Bertz CT molecular complexity index is 173. The summed E-state index contributed by atoms with van der Waals surface area (Å²) in [7, 11) is 0.